The first kappa shape index (κ1) is 17.6. The van der Waals surface area contributed by atoms with Crippen molar-refractivity contribution in [1.82, 2.24) is 15.1 Å². The number of nitrogens with zero attached hydrogens (tertiary/aromatic N) is 2. The fourth-order valence-electron chi connectivity index (χ4n) is 2.63. The summed E-state index contributed by atoms with van der Waals surface area (Å²) in [5.41, 5.74) is 0.569. The van der Waals surface area contributed by atoms with Crippen LogP contribution in [-0.4, -0.2) is 60.2 Å². The van der Waals surface area contributed by atoms with Gasteiger partial charge in [0, 0.05) is 42.0 Å². The van der Waals surface area contributed by atoms with Crippen LogP contribution in [-0.2, 0) is 4.79 Å². The Hall–Kier alpha value is -2.19. The Labute approximate surface area is 154 Å². The third-order valence-corrected chi connectivity index (χ3v) is 5.73. The van der Waals surface area contributed by atoms with E-state index in [1.807, 2.05) is 24.4 Å². The Morgan fingerprint density at radius 2 is 1.80 bits per heavy atom. The molecule has 0 unspecified atom stereocenters. The van der Waals surface area contributed by atoms with Crippen LogP contribution >= 0.6 is 22.7 Å². The monoisotopic (exact) mass is 377 g/mol. The summed E-state index contributed by atoms with van der Waals surface area (Å²) in [6, 6.07) is 5.51. The molecule has 0 radical (unpaired) electrons. The molecule has 1 aliphatic rings. The van der Waals surface area contributed by atoms with Gasteiger partial charge in [0.25, 0.3) is 11.8 Å². The second kappa shape index (κ2) is 7.79. The minimum Gasteiger partial charge on any atom is -0.343 e. The topological polar surface area (TPSA) is 69.7 Å². The Morgan fingerprint density at radius 1 is 1.08 bits per heavy atom. The second-order valence-electron chi connectivity index (χ2n) is 5.78. The summed E-state index contributed by atoms with van der Waals surface area (Å²) < 4.78 is 0. The molecule has 3 rings (SSSR count). The van der Waals surface area contributed by atoms with Crippen LogP contribution in [0.1, 0.15) is 24.9 Å². The molecule has 1 saturated heterocycles. The molecule has 25 heavy (non-hydrogen) atoms. The number of amides is 3. The zero-order valence-corrected chi connectivity index (χ0v) is 15.5. The summed E-state index contributed by atoms with van der Waals surface area (Å²) >= 11 is 2.93. The van der Waals surface area contributed by atoms with Gasteiger partial charge in [0.05, 0.1) is 11.4 Å². The molecule has 1 aliphatic heterocycles. The van der Waals surface area contributed by atoms with Crippen LogP contribution < -0.4 is 5.32 Å². The fraction of sp³-hybridized carbons (Fsp3) is 0.353. The van der Waals surface area contributed by atoms with Gasteiger partial charge in [-0.25, -0.2) is 0 Å². The molecule has 0 spiro atoms. The standard InChI is InChI=1S/C17H19N3O3S2/c1-12-2-3-14(25-12)17(23)20-7-5-19(6-8-20)15(21)10-18-16(22)13-4-9-24-11-13/h2-4,9,11H,5-8,10H2,1H3,(H,18,22). The average Bonchev–Trinajstić information content (AvgIpc) is 3.30. The van der Waals surface area contributed by atoms with Crippen molar-refractivity contribution < 1.29 is 14.4 Å². The molecule has 132 valence electrons. The van der Waals surface area contributed by atoms with Gasteiger partial charge in [-0.1, -0.05) is 0 Å². The normalized spacial score (nSPS) is 14.4. The lowest BCUT2D eigenvalue weighted by Gasteiger charge is -2.34. The van der Waals surface area contributed by atoms with E-state index in [1.165, 1.54) is 22.7 Å². The molecule has 2 aromatic heterocycles. The summed E-state index contributed by atoms with van der Waals surface area (Å²) in [6.07, 6.45) is 0. The van der Waals surface area contributed by atoms with E-state index >= 15 is 0 Å². The van der Waals surface area contributed by atoms with Crippen molar-refractivity contribution in [2.75, 3.05) is 32.7 Å². The predicted octanol–water partition coefficient (Wildman–Crippen LogP) is 1.83. The van der Waals surface area contributed by atoms with Crippen molar-refractivity contribution in [2.45, 2.75) is 6.92 Å². The smallest absolute Gasteiger partial charge is 0.264 e. The van der Waals surface area contributed by atoms with Gasteiger partial charge in [-0.3, -0.25) is 14.4 Å². The van der Waals surface area contributed by atoms with E-state index in [1.54, 1.807) is 21.2 Å². The number of aryl methyl sites for hydroxylation is 1. The molecule has 0 aromatic carbocycles. The molecule has 6 nitrogen and oxygen atoms in total. The third-order valence-electron chi connectivity index (χ3n) is 4.05. The van der Waals surface area contributed by atoms with E-state index in [-0.39, 0.29) is 24.3 Å². The van der Waals surface area contributed by atoms with Crippen LogP contribution in [0.3, 0.4) is 0 Å². The van der Waals surface area contributed by atoms with Gasteiger partial charge in [-0.2, -0.15) is 11.3 Å². The maximum absolute atomic E-state index is 12.4. The van der Waals surface area contributed by atoms with E-state index in [0.717, 1.165) is 9.75 Å². The number of rotatable bonds is 4. The SMILES string of the molecule is Cc1ccc(C(=O)N2CCN(C(=O)CNC(=O)c3ccsc3)CC2)s1. The van der Waals surface area contributed by atoms with Gasteiger partial charge in [0.15, 0.2) is 0 Å². The van der Waals surface area contributed by atoms with E-state index in [4.69, 9.17) is 0 Å². The molecular formula is C17H19N3O3S2. The summed E-state index contributed by atoms with van der Waals surface area (Å²) in [7, 11) is 0. The van der Waals surface area contributed by atoms with Gasteiger partial charge in [0.1, 0.15) is 0 Å². The molecule has 2 aromatic rings. The summed E-state index contributed by atoms with van der Waals surface area (Å²) in [6.45, 7) is 3.96. The van der Waals surface area contributed by atoms with Gasteiger partial charge in [0.2, 0.25) is 5.91 Å². The Bertz CT molecular complexity index is 762. The van der Waals surface area contributed by atoms with Crippen molar-refractivity contribution in [3.05, 3.63) is 44.3 Å². The lowest BCUT2D eigenvalue weighted by atomic mass is 10.2. The largest absolute Gasteiger partial charge is 0.343 e. The van der Waals surface area contributed by atoms with E-state index in [0.29, 0.717) is 31.7 Å². The van der Waals surface area contributed by atoms with E-state index in [9.17, 15) is 14.4 Å². The quantitative estimate of drug-likeness (QED) is 0.884. The predicted molar refractivity (Wildman–Crippen MR) is 98.2 cm³/mol. The lowest BCUT2D eigenvalue weighted by molar-refractivity contribution is -0.131. The Morgan fingerprint density at radius 3 is 2.40 bits per heavy atom. The summed E-state index contributed by atoms with van der Waals surface area (Å²) in [5, 5.41) is 6.21. The van der Waals surface area contributed by atoms with Crippen molar-refractivity contribution in [1.29, 1.82) is 0 Å². The first-order valence-electron chi connectivity index (χ1n) is 7.98. The Kier molecular flexibility index (Phi) is 5.50. The van der Waals surface area contributed by atoms with Gasteiger partial charge in [-0.15, -0.1) is 11.3 Å². The fourth-order valence-corrected chi connectivity index (χ4v) is 4.10. The zero-order chi connectivity index (χ0) is 17.8. The number of hydrogen-bond donors (Lipinski definition) is 1. The van der Waals surface area contributed by atoms with E-state index in [2.05, 4.69) is 5.32 Å². The van der Waals surface area contributed by atoms with Crippen molar-refractivity contribution >= 4 is 40.4 Å². The van der Waals surface area contributed by atoms with Crippen LogP contribution in [0.25, 0.3) is 0 Å². The lowest BCUT2D eigenvalue weighted by Crippen LogP contribution is -2.52. The number of hydrogen-bond acceptors (Lipinski definition) is 5. The van der Waals surface area contributed by atoms with Gasteiger partial charge < -0.3 is 15.1 Å². The first-order valence-corrected chi connectivity index (χ1v) is 9.74. The van der Waals surface area contributed by atoms with Crippen LogP contribution in [0, 0.1) is 6.92 Å². The highest BCUT2D eigenvalue weighted by atomic mass is 32.1. The van der Waals surface area contributed by atoms with Crippen LogP contribution in [0.4, 0.5) is 0 Å². The van der Waals surface area contributed by atoms with Gasteiger partial charge >= 0.3 is 0 Å². The summed E-state index contributed by atoms with van der Waals surface area (Å²) in [5.74, 6) is -0.338. The number of thiophene rings is 2. The minimum absolute atomic E-state index is 0.0211. The molecule has 3 heterocycles. The zero-order valence-electron chi connectivity index (χ0n) is 13.9. The molecule has 0 atom stereocenters. The number of carbonyl (C=O) groups excluding carboxylic acids is 3. The molecule has 0 aliphatic carbocycles. The Balaban J connectivity index is 1.46. The van der Waals surface area contributed by atoms with Crippen molar-refractivity contribution in [3.8, 4) is 0 Å². The molecule has 1 fully saturated rings. The minimum atomic E-state index is -0.239. The van der Waals surface area contributed by atoms with Crippen LogP contribution in [0.15, 0.2) is 29.0 Å². The summed E-state index contributed by atoms with van der Waals surface area (Å²) in [4.78, 5) is 41.8. The number of carbonyl (C=O) groups is 3. The third kappa shape index (κ3) is 4.26. The number of nitrogens with one attached hydrogen (secondary N) is 1. The molecule has 0 saturated carbocycles. The average molecular weight is 377 g/mol. The maximum atomic E-state index is 12.4. The highest BCUT2D eigenvalue weighted by molar-refractivity contribution is 7.13. The molecule has 1 N–H and O–H groups in total. The van der Waals surface area contributed by atoms with Crippen molar-refractivity contribution in [3.63, 3.8) is 0 Å². The van der Waals surface area contributed by atoms with Crippen molar-refractivity contribution in [2.24, 2.45) is 0 Å². The van der Waals surface area contributed by atoms with Crippen LogP contribution in [0.5, 0.6) is 0 Å². The van der Waals surface area contributed by atoms with E-state index < -0.39 is 0 Å². The molecule has 3 amide bonds. The highest BCUT2D eigenvalue weighted by Crippen LogP contribution is 2.18. The molecule has 8 heteroatoms. The first-order chi connectivity index (χ1) is 12.0. The number of piperazine rings is 1. The highest BCUT2D eigenvalue weighted by Gasteiger charge is 2.25. The second-order valence-corrected chi connectivity index (χ2v) is 7.85. The van der Waals surface area contributed by atoms with Crippen LogP contribution in [0.2, 0.25) is 0 Å². The molecule has 0 bridgehead atoms. The maximum Gasteiger partial charge on any atom is 0.264 e. The van der Waals surface area contributed by atoms with Gasteiger partial charge in [-0.05, 0) is 30.5 Å². The molecular weight excluding hydrogens is 358 g/mol.